The molecule has 0 radical (unpaired) electrons. The lowest BCUT2D eigenvalue weighted by Crippen LogP contribution is -2.46. The fourth-order valence-electron chi connectivity index (χ4n) is 2.61. The Morgan fingerprint density at radius 3 is 2.50 bits per heavy atom. The minimum absolute atomic E-state index is 0.0654. The maximum absolute atomic E-state index is 11.6. The number of nitrogens with zero attached hydrogens (tertiary/aromatic N) is 1. The van der Waals surface area contributed by atoms with Crippen LogP contribution in [0.5, 0.6) is 0 Å². The molecular formula is C13H23NO4. The van der Waals surface area contributed by atoms with Gasteiger partial charge in [0.15, 0.2) is 5.79 Å². The Balaban J connectivity index is 1.74. The largest absolute Gasteiger partial charge is 0.466 e. The van der Waals surface area contributed by atoms with E-state index in [1.54, 1.807) is 0 Å². The molecule has 1 atom stereocenters. The number of hydrogen-bond acceptors (Lipinski definition) is 5. The van der Waals surface area contributed by atoms with Gasteiger partial charge in [0.25, 0.3) is 0 Å². The van der Waals surface area contributed by atoms with E-state index in [0.29, 0.717) is 19.8 Å². The van der Waals surface area contributed by atoms with Crippen molar-refractivity contribution in [2.45, 2.75) is 32.5 Å². The molecule has 2 aliphatic heterocycles. The molecule has 5 heteroatoms. The second-order valence-electron chi connectivity index (χ2n) is 5.06. The summed E-state index contributed by atoms with van der Waals surface area (Å²) in [6, 6.07) is 0. The average Bonchev–Trinajstić information content (AvgIpc) is 2.81. The van der Waals surface area contributed by atoms with Crippen molar-refractivity contribution in [2.24, 2.45) is 5.92 Å². The Bertz CT molecular complexity index is 279. The topological polar surface area (TPSA) is 48.0 Å². The third-order valence-corrected chi connectivity index (χ3v) is 3.65. The maximum Gasteiger partial charge on any atom is 0.309 e. The monoisotopic (exact) mass is 257 g/mol. The molecule has 0 N–H and O–H groups in total. The first-order valence-corrected chi connectivity index (χ1v) is 6.82. The molecule has 104 valence electrons. The van der Waals surface area contributed by atoms with Crippen LogP contribution in [0.25, 0.3) is 0 Å². The van der Waals surface area contributed by atoms with Gasteiger partial charge >= 0.3 is 5.97 Å². The molecule has 18 heavy (non-hydrogen) atoms. The Morgan fingerprint density at radius 1 is 1.33 bits per heavy atom. The van der Waals surface area contributed by atoms with Crippen molar-refractivity contribution in [1.29, 1.82) is 0 Å². The number of hydrogen-bond donors (Lipinski definition) is 0. The van der Waals surface area contributed by atoms with Crippen LogP contribution in [0, 0.1) is 5.92 Å². The van der Waals surface area contributed by atoms with Crippen LogP contribution >= 0.6 is 0 Å². The Labute approximate surface area is 108 Å². The zero-order valence-corrected chi connectivity index (χ0v) is 11.3. The molecule has 2 fully saturated rings. The molecule has 2 saturated heterocycles. The van der Waals surface area contributed by atoms with Gasteiger partial charge in [0.1, 0.15) is 0 Å². The SMILES string of the molecule is CCOC(=O)C(C)CN1CCC2(CC1)OCCO2. The van der Waals surface area contributed by atoms with Crippen LogP contribution in [0.15, 0.2) is 0 Å². The summed E-state index contributed by atoms with van der Waals surface area (Å²) in [6.45, 7) is 8.23. The van der Waals surface area contributed by atoms with Gasteiger partial charge in [-0.3, -0.25) is 4.79 Å². The highest BCUT2D eigenvalue weighted by atomic mass is 16.7. The first-order chi connectivity index (χ1) is 8.65. The minimum atomic E-state index is -0.330. The number of carbonyl (C=O) groups is 1. The Morgan fingerprint density at radius 2 is 1.94 bits per heavy atom. The van der Waals surface area contributed by atoms with Crippen LogP contribution < -0.4 is 0 Å². The molecule has 0 aromatic rings. The van der Waals surface area contributed by atoms with Crippen molar-refractivity contribution in [1.82, 2.24) is 4.90 Å². The molecule has 2 aliphatic rings. The average molecular weight is 257 g/mol. The van der Waals surface area contributed by atoms with Crippen molar-refractivity contribution in [3.8, 4) is 0 Å². The number of piperidine rings is 1. The zero-order valence-electron chi connectivity index (χ0n) is 11.3. The van der Waals surface area contributed by atoms with E-state index in [-0.39, 0.29) is 17.7 Å². The molecule has 0 aliphatic carbocycles. The Hall–Kier alpha value is -0.650. The van der Waals surface area contributed by atoms with E-state index in [9.17, 15) is 4.79 Å². The van der Waals surface area contributed by atoms with Gasteiger partial charge in [-0.1, -0.05) is 6.92 Å². The predicted octanol–water partition coefficient (Wildman–Crippen LogP) is 1.02. The fourth-order valence-corrected chi connectivity index (χ4v) is 2.61. The number of esters is 1. The minimum Gasteiger partial charge on any atom is -0.466 e. The van der Waals surface area contributed by atoms with Crippen molar-refractivity contribution >= 4 is 5.97 Å². The van der Waals surface area contributed by atoms with E-state index >= 15 is 0 Å². The number of carbonyl (C=O) groups excluding carboxylic acids is 1. The van der Waals surface area contributed by atoms with Crippen molar-refractivity contribution in [2.75, 3.05) is 39.5 Å². The number of rotatable bonds is 4. The van der Waals surface area contributed by atoms with Crippen LogP contribution in [0.4, 0.5) is 0 Å². The van der Waals surface area contributed by atoms with Gasteiger partial charge in [-0.25, -0.2) is 0 Å². The molecular weight excluding hydrogens is 234 g/mol. The maximum atomic E-state index is 11.6. The molecule has 0 bridgehead atoms. The van der Waals surface area contributed by atoms with Crippen LogP contribution in [-0.4, -0.2) is 56.1 Å². The third kappa shape index (κ3) is 3.22. The lowest BCUT2D eigenvalue weighted by atomic mass is 10.0. The molecule has 0 aromatic heterocycles. The van der Waals surface area contributed by atoms with Crippen LogP contribution in [0.3, 0.4) is 0 Å². The zero-order chi connectivity index (χ0) is 13.0. The lowest BCUT2D eigenvalue weighted by molar-refractivity contribution is -0.186. The highest BCUT2D eigenvalue weighted by Gasteiger charge is 2.40. The summed E-state index contributed by atoms with van der Waals surface area (Å²) in [4.78, 5) is 13.9. The van der Waals surface area contributed by atoms with Gasteiger partial charge in [0.05, 0.1) is 25.7 Å². The molecule has 2 heterocycles. The summed E-state index contributed by atoms with van der Waals surface area (Å²) in [5, 5.41) is 0. The van der Waals surface area contributed by atoms with E-state index < -0.39 is 0 Å². The molecule has 1 unspecified atom stereocenters. The summed E-state index contributed by atoms with van der Waals surface area (Å²) in [7, 11) is 0. The first kappa shape index (κ1) is 13.8. The summed E-state index contributed by atoms with van der Waals surface area (Å²) in [6.07, 6.45) is 1.78. The summed E-state index contributed by atoms with van der Waals surface area (Å²) in [5.74, 6) is -0.500. The van der Waals surface area contributed by atoms with Gasteiger partial charge < -0.3 is 19.1 Å². The van der Waals surface area contributed by atoms with Gasteiger partial charge in [-0.05, 0) is 6.92 Å². The van der Waals surface area contributed by atoms with Crippen molar-refractivity contribution in [3.05, 3.63) is 0 Å². The van der Waals surface area contributed by atoms with Gasteiger partial charge in [0.2, 0.25) is 0 Å². The van der Waals surface area contributed by atoms with E-state index in [1.807, 2.05) is 13.8 Å². The predicted molar refractivity (Wildman–Crippen MR) is 66.1 cm³/mol. The van der Waals surface area contributed by atoms with Crippen LogP contribution in [0.1, 0.15) is 26.7 Å². The molecule has 2 rings (SSSR count). The van der Waals surface area contributed by atoms with Crippen molar-refractivity contribution in [3.63, 3.8) is 0 Å². The molecule has 1 spiro atoms. The standard InChI is InChI=1S/C13H23NO4/c1-3-16-12(15)11(2)10-14-6-4-13(5-7-14)17-8-9-18-13/h11H,3-10H2,1-2H3. The Kier molecular flexibility index (Phi) is 4.59. The lowest BCUT2D eigenvalue weighted by Gasteiger charge is -2.38. The molecule has 0 amide bonds. The second kappa shape index (κ2) is 5.99. The van der Waals surface area contributed by atoms with Crippen LogP contribution in [0.2, 0.25) is 0 Å². The smallest absolute Gasteiger partial charge is 0.309 e. The fraction of sp³-hybridized carbons (Fsp3) is 0.923. The van der Waals surface area contributed by atoms with E-state index in [1.165, 1.54) is 0 Å². The molecule has 0 saturated carbocycles. The highest BCUT2D eigenvalue weighted by molar-refractivity contribution is 5.72. The molecule has 0 aromatic carbocycles. The van der Waals surface area contributed by atoms with Gasteiger partial charge in [-0.15, -0.1) is 0 Å². The summed E-state index contributed by atoms with van der Waals surface area (Å²) >= 11 is 0. The molecule has 5 nitrogen and oxygen atoms in total. The van der Waals surface area contributed by atoms with Crippen molar-refractivity contribution < 1.29 is 19.0 Å². The van der Waals surface area contributed by atoms with Gasteiger partial charge in [-0.2, -0.15) is 0 Å². The number of ether oxygens (including phenoxy) is 3. The first-order valence-electron chi connectivity index (χ1n) is 6.82. The quantitative estimate of drug-likeness (QED) is 0.704. The summed E-state index contributed by atoms with van der Waals surface area (Å²) in [5.41, 5.74) is 0. The van der Waals surface area contributed by atoms with Gasteiger partial charge in [0, 0.05) is 32.5 Å². The second-order valence-corrected chi connectivity index (χ2v) is 5.06. The van der Waals surface area contributed by atoms with E-state index in [0.717, 1.165) is 32.5 Å². The third-order valence-electron chi connectivity index (χ3n) is 3.65. The van der Waals surface area contributed by atoms with E-state index in [2.05, 4.69) is 4.90 Å². The normalized spacial score (nSPS) is 25.2. The van der Waals surface area contributed by atoms with E-state index in [4.69, 9.17) is 14.2 Å². The number of likely N-dealkylation sites (tertiary alicyclic amines) is 1. The summed E-state index contributed by atoms with van der Waals surface area (Å²) < 4.78 is 16.4. The van der Waals surface area contributed by atoms with Crippen LogP contribution in [-0.2, 0) is 19.0 Å². The highest BCUT2D eigenvalue weighted by Crippen LogP contribution is 2.31.